The van der Waals surface area contributed by atoms with Crippen molar-refractivity contribution in [2.75, 3.05) is 25.5 Å². The average molecular weight is 299 g/mol. The van der Waals surface area contributed by atoms with Gasteiger partial charge < -0.3 is 10.1 Å². The van der Waals surface area contributed by atoms with Crippen LogP contribution in [0.15, 0.2) is 17.5 Å². The van der Waals surface area contributed by atoms with Crippen molar-refractivity contribution in [1.29, 1.82) is 0 Å². The summed E-state index contributed by atoms with van der Waals surface area (Å²) in [6.07, 6.45) is 2.57. The second-order valence-electron chi connectivity index (χ2n) is 4.76. The number of carbonyl (C=O) groups excluding carboxylic acids is 1. The summed E-state index contributed by atoms with van der Waals surface area (Å²) in [5, 5.41) is 5.12. The van der Waals surface area contributed by atoms with Gasteiger partial charge in [0.05, 0.1) is 6.42 Å². The van der Waals surface area contributed by atoms with Gasteiger partial charge in [-0.2, -0.15) is 11.8 Å². The van der Waals surface area contributed by atoms with E-state index in [1.54, 1.807) is 11.3 Å². The van der Waals surface area contributed by atoms with Gasteiger partial charge >= 0.3 is 0 Å². The molecule has 0 aliphatic carbocycles. The summed E-state index contributed by atoms with van der Waals surface area (Å²) in [6, 6.07) is 4.00. The lowest BCUT2D eigenvalue weighted by atomic mass is 9.99. The minimum atomic E-state index is 0.130. The van der Waals surface area contributed by atoms with E-state index in [0.717, 1.165) is 43.2 Å². The highest BCUT2D eigenvalue weighted by Gasteiger charge is 2.32. The Morgan fingerprint density at radius 2 is 2.32 bits per heavy atom. The van der Waals surface area contributed by atoms with Crippen LogP contribution in [-0.4, -0.2) is 36.2 Å². The molecule has 0 unspecified atom stereocenters. The fourth-order valence-corrected chi connectivity index (χ4v) is 4.26. The minimum Gasteiger partial charge on any atom is -0.381 e. The van der Waals surface area contributed by atoms with Gasteiger partial charge in [0.1, 0.15) is 0 Å². The summed E-state index contributed by atoms with van der Waals surface area (Å²) < 4.78 is 5.62. The molecule has 5 heteroatoms. The summed E-state index contributed by atoms with van der Waals surface area (Å²) in [5.41, 5.74) is 0. The van der Waals surface area contributed by atoms with E-state index in [1.165, 1.54) is 0 Å². The Labute approximate surface area is 123 Å². The largest absolute Gasteiger partial charge is 0.381 e. The molecule has 1 saturated heterocycles. The molecule has 0 aromatic carbocycles. The normalized spacial score (nSPS) is 18.2. The first-order chi connectivity index (χ1) is 9.24. The molecule has 0 radical (unpaired) electrons. The first kappa shape index (κ1) is 14.9. The molecule has 2 rings (SSSR count). The number of ether oxygens (including phenoxy) is 1. The quantitative estimate of drug-likeness (QED) is 0.878. The van der Waals surface area contributed by atoms with Gasteiger partial charge in [0.2, 0.25) is 5.91 Å². The SMILES string of the molecule is CCSC1(CNC(=O)Cc2cccs2)CCOCC1. The lowest BCUT2D eigenvalue weighted by Crippen LogP contribution is -2.44. The Balaban J connectivity index is 1.82. The van der Waals surface area contributed by atoms with Gasteiger partial charge in [-0.1, -0.05) is 13.0 Å². The standard InChI is InChI=1S/C14H21NO2S2/c1-2-19-14(5-7-17-8-6-14)11-15-13(16)10-12-4-3-9-18-12/h3-4,9H,2,5-8,10-11H2,1H3,(H,15,16). The fourth-order valence-electron chi connectivity index (χ4n) is 2.32. The van der Waals surface area contributed by atoms with Crippen LogP contribution in [0.4, 0.5) is 0 Å². The smallest absolute Gasteiger partial charge is 0.225 e. The first-order valence-electron chi connectivity index (χ1n) is 6.75. The molecule has 2 heterocycles. The van der Waals surface area contributed by atoms with E-state index in [4.69, 9.17) is 4.74 Å². The van der Waals surface area contributed by atoms with Gasteiger partial charge in [0.15, 0.2) is 0 Å². The molecule has 0 bridgehead atoms. The molecule has 106 valence electrons. The van der Waals surface area contributed by atoms with Crippen molar-refractivity contribution in [1.82, 2.24) is 5.32 Å². The zero-order valence-corrected chi connectivity index (χ0v) is 12.9. The lowest BCUT2D eigenvalue weighted by molar-refractivity contribution is -0.120. The van der Waals surface area contributed by atoms with Crippen LogP contribution in [-0.2, 0) is 16.0 Å². The molecule has 1 aliphatic rings. The summed E-state index contributed by atoms with van der Waals surface area (Å²) in [7, 11) is 0. The Morgan fingerprint density at radius 3 is 2.95 bits per heavy atom. The van der Waals surface area contributed by atoms with Crippen LogP contribution >= 0.6 is 23.1 Å². The molecule has 1 amide bonds. The first-order valence-corrected chi connectivity index (χ1v) is 8.61. The number of hydrogen-bond donors (Lipinski definition) is 1. The number of thioether (sulfide) groups is 1. The van der Waals surface area contributed by atoms with Gasteiger partial charge in [-0.05, 0) is 30.0 Å². The Hall–Kier alpha value is -0.520. The molecular formula is C14H21NO2S2. The van der Waals surface area contributed by atoms with Crippen LogP contribution < -0.4 is 5.32 Å². The molecule has 1 aliphatic heterocycles. The molecule has 0 atom stereocenters. The molecule has 19 heavy (non-hydrogen) atoms. The number of amides is 1. The van der Waals surface area contributed by atoms with Crippen molar-refractivity contribution in [3.8, 4) is 0 Å². The molecule has 1 N–H and O–H groups in total. The Morgan fingerprint density at radius 1 is 1.53 bits per heavy atom. The topological polar surface area (TPSA) is 38.3 Å². The number of rotatable bonds is 6. The number of hydrogen-bond acceptors (Lipinski definition) is 4. The maximum Gasteiger partial charge on any atom is 0.225 e. The maximum atomic E-state index is 12.0. The minimum absolute atomic E-state index is 0.130. The van der Waals surface area contributed by atoms with E-state index in [-0.39, 0.29) is 10.7 Å². The number of carbonyl (C=O) groups is 1. The van der Waals surface area contributed by atoms with Crippen molar-refractivity contribution < 1.29 is 9.53 Å². The molecule has 1 fully saturated rings. The van der Waals surface area contributed by atoms with Crippen LogP contribution in [0, 0.1) is 0 Å². The van der Waals surface area contributed by atoms with Crippen LogP contribution in [0.3, 0.4) is 0 Å². The highest BCUT2D eigenvalue weighted by atomic mass is 32.2. The van der Waals surface area contributed by atoms with E-state index in [2.05, 4.69) is 12.2 Å². The maximum absolute atomic E-state index is 12.0. The summed E-state index contributed by atoms with van der Waals surface area (Å²) >= 11 is 3.59. The summed E-state index contributed by atoms with van der Waals surface area (Å²) in [6.45, 7) is 4.57. The molecule has 0 saturated carbocycles. The van der Waals surface area contributed by atoms with Crippen molar-refractivity contribution in [3.63, 3.8) is 0 Å². The van der Waals surface area contributed by atoms with Gasteiger partial charge in [0, 0.05) is 29.4 Å². The van der Waals surface area contributed by atoms with Gasteiger partial charge in [0.25, 0.3) is 0 Å². The summed E-state index contributed by atoms with van der Waals surface area (Å²) in [4.78, 5) is 13.1. The van der Waals surface area contributed by atoms with Crippen LogP contribution in [0.25, 0.3) is 0 Å². The highest BCUT2D eigenvalue weighted by molar-refractivity contribution is 8.00. The van der Waals surface area contributed by atoms with Gasteiger partial charge in [-0.3, -0.25) is 4.79 Å². The monoisotopic (exact) mass is 299 g/mol. The Bertz CT molecular complexity index is 381. The predicted octanol–water partition coefficient (Wildman–Crippen LogP) is 2.71. The van der Waals surface area contributed by atoms with E-state index in [1.807, 2.05) is 29.3 Å². The number of nitrogens with one attached hydrogen (secondary N) is 1. The van der Waals surface area contributed by atoms with E-state index < -0.39 is 0 Å². The number of thiophene rings is 1. The van der Waals surface area contributed by atoms with Gasteiger partial charge in [-0.15, -0.1) is 11.3 Å². The van der Waals surface area contributed by atoms with E-state index in [9.17, 15) is 4.79 Å². The van der Waals surface area contributed by atoms with E-state index >= 15 is 0 Å². The third-order valence-corrected chi connectivity index (χ3v) is 5.71. The molecule has 3 nitrogen and oxygen atoms in total. The highest BCUT2D eigenvalue weighted by Crippen LogP contribution is 2.34. The van der Waals surface area contributed by atoms with Crippen molar-refractivity contribution in [2.45, 2.75) is 30.9 Å². The van der Waals surface area contributed by atoms with Crippen LogP contribution in [0.1, 0.15) is 24.6 Å². The second-order valence-corrected chi connectivity index (χ2v) is 7.53. The predicted molar refractivity (Wildman–Crippen MR) is 81.9 cm³/mol. The average Bonchev–Trinajstić information content (AvgIpc) is 2.91. The molecule has 0 spiro atoms. The van der Waals surface area contributed by atoms with Crippen LogP contribution in [0.2, 0.25) is 0 Å². The van der Waals surface area contributed by atoms with E-state index in [0.29, 0.717) is 6.42 Å². The second kappa shape index (κ2) is 7.31. The fraction of sp³-hybridized carbons (Fsp3) is 0.643. The van der Waals surface area contributed by atoms with Crippen molar-refractivity contribution in [3.05, 3.63) is 22.4 Å². The third-order valence-electron chi connectivity index (χ3n) is 3.38. The van der Waals surface area contributed by atoms with Crippen molar-refractivity contribution >= 4 is 29.0 Å². The Kier molecular flexibility index (Phi) is 5.73. The molecule has 1 aromatic heterocycles. The van der Waals surface area contributed by atoms with Crippen molar-refractivity contribution in [2.24, 2.45) is 0 Å². The molecule has 1 aromatic rings. The summed E-state index contributed by atoms with van der Waals surface area (Å²) in [5.74, 6) is 1.21. The zero-order chi connectivity index (χ0) is 13.6. The van der Waals surface area contributed by atoms with Gasteiger partial charge in [-0.25, -0.2) is 0 Å². The lowest BCUT2D eigenvalue weighted by Gasteiger charge is -2.36. The van der Waals surface area contributed by atoms with Crippen LogP contribution in [0.5, 0.6) is 0 Å². The zero-order valence-electron chi connectivity index (χ0n) is 11.3. The molecular weight excluding hydrogens is 278 g/mol. The third kappa shape index (κ3) is 4.51.